The van der Waals surface area contributed by atoms with Crippen LogP contribution in [0.2, 0.25) is 0 Å². The van der Waals surface area contributed by atoms with Crippen molar-refractivity contribution >= 4 is 0 Å². The molecule has 0 heteroatoms. The topological polar surface area (TPSA) is 0 Å². The third-order valence-electron chi connectivity index (χ3n) is 4.54. The van der Waals surface area contributed by atoms with Crippen molar-refractivity contribution in [2.45, 2.75) is 84.5 Å². The first kappa shape index (κ1) is 18.3. The van der Waals surface area contributed by atoms with Gasteiger partial charge in [-0.15, -0.1) is 0 Å². The summed E-state index contributed by atoms with van der Waals surface area (Å²) in [5.74, 6) is 0. The molecule has 0 nitrogen and oxygen atoms in total. The van der Waals surface area contributed by atoms with E-state index in [9.17, 15) is 0 Å². The van der Waals surface area contributed by atoms with Crippen LogP contribution in [0.4, 0.5) is 0 Å². The number of rotatable bonds is 11. The van der Waals surface area contributed by atoms with Gasteiger partial charge in [0.1, 0.15) is 0 Å². The maximum atomic E-state index is 4.18. The quantitative estimate of drug-likeness (QED) is 0.391. The molecule has 0 fully saturated rings. The Balaban J connectivity index is 2.08. The van der Waals surface area contributed by atoms with Crippen LogP contribution in [0.1, 0.15) is 93.4 Å². The molecule has 0 atom stereocenters. The second-order valence-electron chi connectivity index (χ2n) is 6.43. The van der Waals surface area contributed by atoms with Crippen molar-refractivity contribution in [3.05, 3.63) is 48.2 Å². The first-order valence-electron chi connectivity index (χ1n) is 8.93. The second-order valence-corrected chi connectivity index (χ2v) is 6.43. The summed E-state index contributed by atoms with van der Waals surface area (Å²) < 4.78 is 0. The van der Waals surface area contributed by atoms with Gasteiger partial charge in [-0.2, -0.15) is 0 Å². The molecule has 0 unspecified atom stereocenters. The predicted molar refractivity (Wildman–Crippen MR) is 95.6 cm³/mol. The molecular weight excluding hydrogens is 252 g/mol. The number of aryl methyl sites for hydroxylation is 1. The molecule has 0 aliphatic rings. The molecule has 1 aromatic carbocycles. The molecule has 0 saturated heterocycles. The van der Waals surface area contributed by atoms with E-state index in [0.29, 0.717) is 0 Å². The lowest BCUT2D eigenvalue weighted by Gasteiger charge is -2.12. The molecule has 0 bridgehead atoms. The molecule has 2 radical (unpaired) electrons. The van der Waals surface area contributed by atoms with Crippen LogP contribution in [0.5, 0.6) is 0 Å². The monoisotopic (exact) mass is 286 g/mol. The van der Waals surface area contributed by atoms with Gasteiger partial charge in [0.2, 0.25) is 0 Å². The highest BCUT2D eigenvalue weighted by Gasteiger charge is 2.04. The summed E-state index contributed by atoms with van der Waals surface area (Å²) in [6.45, 7) is 12.7. The van der Waals surface area contributed by atoms with E-state index in [2.05, 4.69) is 39.8 Å². The van der Waals surface area contributed by atoms with E-state index >= 15 is 0 Å². The summed E-state index contributed by atoms with van der Waals surface area (Å²) in [5.41, 5.74) is 5.05. The van der Waals surface area contributed by atoms with Crippen molar-refractivity contribution in [3.63, 3.8) is 0 Å². The molecule has 0 heterocycles. The number of hydrogen-bond donors (Lipinski definition) is 0. The fourth-order valence-electron chi connectivity index (χ4n) is 3.00. The average Bonchev–Trinajstić information content (AvgIpc) is 2.48. The Morgan fingerprint density at radius 1 is 0.762 bits per heavy atom. The highest BCUT2D eigenvalue weighted by atomic mass is 14.1. The molecule has 1 aromatic rings. The Labute approximate surface area is 133 Å². The largest absolute Gasteiger partial charge is 0.0654 e. The van der Waals surface area contributed by atoms with Gasteiger partial charge >= 0.3 is 0 Å². The zero-order valence-corrected chi connectivity index (χ0v) is 14.3. The van der Waals surface area contributed by atoms with Gasteiger partial charge in [0.25, 0.3) is 0 Å². The van der Waals surface area contributed by atoms with Crippen molar-refractivity contribution in [3.8, 4) is 0 Å². The lowest BCUT2D eigenvalue weighted by molar-refractivity contribution is 0.556. The standard InChI is InChI=1S/C21H34/c1-5-6-7-8-9-10-11-12-13-14-15-21-19(3)17-16-18(2)20(21)4/h16-17H,2,4-15H2,1,3H3. The average molecular weight is 287 g/mol. The molecule has 0 amide bonds. The fourth-order valence-corrected chi connectivity index (χ4v) is 3.00. The van der Waals surface area contributed by atoms with E-state index in [-0.39, 0.29) is 0 Å². The molecule has 0 spiro atoms. The van der Waals surface area contributed by atoms with Gasteiger partial charge in [0.15, 0.2) is 0 Å². The maximum absolute atomic E-state index is 4.18. The minimum atomic E-state index is 1.09. The van der Waals surface area contributed by atoms with E-state index in [1.165, 1.54) is 81.8 Å². The number of hydrogen-bond acceptors (Lipinski definition) is 0. The van der Waals surface area contributed by atoms with E-state index in [1.54, 1.807) is 0 Å². The van der Waals surface area contributed by atoms with Crippen LogP contribution in [0, 0.1) is 20.8 Å². The molecular formula is C21H34. The summed E-state index contributed by atoms with van der Waals surface area (Å²) in [4.78, 5) is 0. The van der Waals surface area contributed by atoms with E-state index in [4.69, 9.17) is 0 Å². The molecule has 0 aliphatic carbocycles. The van der Waals surface area contributed by atoms with Crippen LogP contribution in [0.3, 0.4) is 0 Å². The smallest absolute Gasteiger partial charge is 0.0232 e. The third-order valence-corrected chi connectivity index (χ3v) is 4.54. The summed E-state index contributed by atoms with van der Waals surface area (Å²) in [6, 6.07) is 4.27. The molecule has 21 heavy (non-hydrogen) atoms. The number of unbranched alkanes of at least 4 members (excludes halogenated alkanes) is 9. The summed E-state index contributed by atoms with van der Waals surface area (Å²) in [7, 11) is 0. The minimum absolute atomic E-state index is 1.09. The van der Waals surface area contributed by atoms with Crippen molar-refractivity contribution < 1.29 is 0 Å². The van der Waals surface area contributed by atoms with Gasteiger partial charge < -0.3 is 0 Å². The molecule has 0 aliphatic heterocycles. The summed E-state index contributed by atoms with van der Waals surface area (Å²) in [5, 5.41) is 0. The van der Waals surface area contributed by atoms with Gasteiger partial charge in [0.05, 0.1) is 0 Å². The Morgan fingerprint density at radius 2 is 1.29 bits per heavy atom. The summed E-state index contributed by atoms with van der Waals surface area (Å²) in [6.07, 6.45) is 15.1. The van der Waals surface area contributed by atoms with Gasteiger partial charge in [-0.3, -0.25) is 0 Å². The first-order valence-corrected chi connectivity index (χ1v) is 8.93. The maximum Gasteiger partial charge on any atom is -0.0232 e. The Bertz CT molecular complexity index is 389. The Kier molecular flexibility index (Phi) is 9.46. The lowest BCUT2D eigenvalue weighted by atomic mass is 9.94. The van der Waals surface area contributed by atoms with Gasteiger partial charge in [-0.25, -0.2) is 0 Å². The van der Waals surface area contributed by atoms with Crippen molar-refractivity contribution in [1.82, 2.24) is 0 Å². The molecule has 0 aromatic heterocycles. The highest BCUT2D eigenvalue weighted by molar-refractivity contribution is 5.43. The Hall–Kier alpha value is -0.780. The van der Waals surface area contributed by atoms with E-state index in [0.717, 1.165) is 11.1 Å². The number of benzene rings is 1. The lowest BCUT2D eigenvalue weighted by Crippen LogP contribution is -1.96. The SMILES string of the molecule is [CH2]c1ccc(C)c(CCCCCCCCCCCC)c1[CH2]. The van der Waals surface area contributed by atoms with Crippen molar-refractivity contribution in [1.29, 1.82) is 0 Å². The van der Waals surface area contributed by atoms with Crippen LogP contribution in [-0.2, 0) is 6.42 Å². The van der Waals surface area contributed by atoms with Crippen molar-refractivity contribution in [2.24, 2.45) is 0 Å². The molecule has 1 rings (SSSR count). The van der Waals surface area contributed by atoms with Crippen LogP contribution < -0.4 is 0 Å². The zero-order chi connectivity index (χ0) is 15.5. The molecule has 0 N–H and O–H groups in total. The van der Waals surface area contributed by atoms with Gasteiger partial charge in [0, 0.05) is 0 Å². The van der Waals surface area contributed by atoms with Gasteiger partial charge in [-0.05, 0) is 55.9 Å². The van der Waals surface area contributed by atoms with Crippen LogP contribution in [0.25, 0.3) is 0 Å². The van der Waals surface area contributed by atoms with Crippen LogP contribution >= 0.6 is 0 Å². The highest BCUT2D eigenvalue weighted by Crippen LogP contribution is 2.20. The van der Waals surface area contributed by atoms with E-state index < -0.39 is 0 Å². The zero-order valence-electron chi connectivity index (χ0n) is 14.3. The summed E-state index contributed by atoms with van der Waals surface area (Å²) >= 11 is 0. The van der Waals surface area contributed by atoms with E-state index in [1.807, 2.05) is 0 Å². The minimum Gasteiger partial charge on any atom is -0.0654 e. The van der Waals surface area contributed by atoms with Crippen molar-refractivity contribution in [2.75, 3.05) is 0 Å². The van der Waals surface area contributed by atoms with Crippen LogP contribution in [-0.4, -0.2) is 0 Å². The fraction of sp³-hybridized carbons (Fsp3) is 0.619. The van der Waals surface area contributed by atoms with Crippen LogP contribution in [0.15, 0.2) is 12.1 Å². The third kappa shape index (κ3) is 7.16. The normalized spacial score (nSPS) is 11.0. The second kappa shape index (κ2) is 10.9. The first-order chi connectivity index (χ1) is 10.2. The molecule has 0 saturated carbocycles. The van der Waals surface area contributed by atoms with Gasteiger partial charge in [-0.1, -0.05) is 76.8 Å². The Morgan fingerprint density at radius 3 is 1.86 bits per heavy atom. The predicted octanol–water partition coefficient (Wildman–Crippen LogP) is 6.82. The molecule has 118 valence electrons.